The highest BCUT2D eigenvalue weighted by Gasteiger charge is 2.33. The van der Waals surface area contributed by atoms with Gasteiger partial charge < -0.3 is 9.32 Å². The average Bonchev–Trinajstić information content (AvgIpc) is 3.09. The zero-order chi connectivity index (χ0) is 12.5. The molecule has 0 bridgehead atoms. The number of thioether (sulfide) groups is 1. The Morgan fingerprint density at radius 1 is 1.44 bits per heavy atom. The minimum Gasteiger partial charge on any atom is -0.459 e. The fourth-order valence-electron chi connectivity index (χ4n) is 2.04. The second kappa shape index (κ2) is 4.82. The van der Waals surface area contributed by atoms with Crippen molar-refractivity contribution in [2.24, 2.45) is 0 Å². The molecule has 0 radical (unpaired) electrons. The fraction of sp³-hybridized carbons (Fsp3) is 0.308. The molecule has 0 spiro atoms. The van der Waals surface area contributed by atoms with Crippen molar-refractivity contribution in [3.63, 3.8) is 0 Å². The summed E-state index contributed by atoms with van der Waals surface area (Å²) in [6.45, 7) is 2.87. The monoisotopic (exact) mass is 279 g/mol. The Morgan fingerprint density at radius 3 is 3.00 bits per heavy atom. The van der Waals surface area contributed by atoms with Crippen LogP contribution in [-0.2, 0) is 0 Å². The molecular formula is C13H13NO2S2. The van der Waals surface area contributed by atoms with Gasteiger partial charge in [0.15, 0.2) is 5.76 Å². The molecule has 2 aromatic rings. The van der Waals surface area contributed by atoms with Crippen molar-refractivity contribution in [3.8, 4) is 0 Å². The third kappa shape index (κ3) is 2.08. The Kier molecular flexibility index (Phi) is 3.18. The summed E-state index contributed by atoms with van der Waals surface area (Å²) in [6.07, 6.45) is 1.54. The van der Waals surface area contributed by atoms with E-state index >= 15 is 0 Å². The Bertz CT molecular complexity index is 547. The second-order valence-corrected chi connectivity index (χ2v) is 6.65. The maximum absolute atomic E-state index is 12.3. The summed E-state index contributed by atoms with van der Waals surface area (Å²) in [6, 6.07) is 7.70. The molecule has 0 saturated carbocycles. The number of thiophene rings is 1. The number of aryl methyl sites for hydroxylation is 1. The number of furan rings is 1. The first kappa shape index (κ1) is 11.9. The van der Waals surface area contributed by atoms with Crippen LogP contribution in [0.15, 0.2) is 34.9 Å². The van der Waals surface area contributed by atoms with Gasteiger partial charge in [0, 0.05) is 22.1 Å². The number of amides is 1. The summed E-state index contributed by atoms with van der Waals surface area (Å²) in [7, 11) is 0. The molecule has 1 aliphatic heterocycles. The van der Waals surface area contributed by atoms with E-state index in [2.05, 4.69) is 19.1 Å². The molecule has 2 aromatic heterocycles. The first-order valence-corrected chi connectivity index (χ1v) is 7.64. The lowest BCUT2D eigenvalue weighted by atomic mass is 10.3. The molecular weight excluding hydrogens is 266 g/mol. The van der Waals surface area contributed by atoms with E-state index in [0.29, 0.717) is 5.76 Å². The fourth-order valence-corrected chi connectivity index (χ4v) is 4.41. The standard InChI is InChI=1S/C13H13NO2S2/c1-9-4-5-11(18-9)13-14(6-8-17-13)12(15)10-3-2-7-16-10/h2-5,7,13H,6,8H2,1H3. The summed E-state index contributed by atoms with van der Waals surface area (Å²) < 4.78 is 5.20. The van der Waals surface area contributed by atoms with Crippen LogP contribution in [0.3, 0.4) is 0 Å². The number of hydrogen-bond acceptors (Lipinski definition) is 4. The maximum Gasteiger partial charge on any atom is 0.290 e. The number of carbonyl (C=O) groups excluding carboxylic acids is 1. The highest BCUT2D eigenvalue weighted by molar-refractivity contribution is 7.99. The SMILES string of the molecule is Cc1ccc(C2SCCN2C(=O)c2ccco2)s1. The zero-order valence-electron chi connectivity index (χ0n) is 9.96. The van der Waals surface area contributed by atoms with Crippen molar-refractivity contribution in [1.29, 1.82) is 0 Å². The average molecular weight is 279 g/mol. The van der Waals surface area contributed by atoms with Crippen molar-refractivity contribution >= 4 is 29.0 Å². The van der Waals surface area contributed by atoms with Crippen LogP contribution < -0.4 is 0 Å². The van der Waals surface area contributed by atoms with Crippen molar-refractivity contribution in [3.05, 3.63) is 46.0 Å². The van der Waals surface area contributed by atoms with Crippen LogP contribution in [0.5, 0.6) is 0 Å². The maximum atomic E-state index is 12.3. The summed E-state index contributed by atoms with van der Waals surface area (Å²) in [5, 5.41) is 0.140. The molecule has 3 rings (SSSR count). The van der Waals surface area contributed by atoms with Crippen molar-refractivity contribution in [1.82, 2.24) is 4.90 Å². The minimum absolute atomic E-state index is 0.0129. The number of rotatable bonds is 2. The molecule has 1 unspecified atom stereocenters. The number of nitrogens with zero attached hydrogens (tertiary/aromatic N) is 1. The molecule has 1 fully saturated rings. The Morgan fingerprint density at radius 2 is 2.33 bits per heavy atom. The van der Waals surface area contributed by atoms with Gasteiger partial charge in [0.25, 0.3) is 5.91 Å². The van der Waals surface area contributed by atoms with Crippen LogP contribution in [0.1, 0.15) is 25.7 Å². The molecule has 3 heterocycles. The summed E-state index contributed by atoms with van der Waals surface area (Å²) in [5.74, 6) is 1.39. The minimum atomic E-state index is -0.0129. The Balaban J connectivity index is 1.85. The molecule has 0 N–H and O–H groups in total. The third-order valence-electron chi connectivity index (χ3n) is 2.89. The molecule has 94 valence electrons. The number of hydrogen-bond donors (Lipinski definition) is 0. The quantitative estimate of drug-likeness (QED) is 0.843. The van der Waals surface area contributed by atoms with E-state index in [9.17, 15) is 4.79 Å². The van der Waals surface area contributed by atoms with Gasteiger partial charge in [0.1, 0.15) is 5.37 Å². The van der Waals surface area contributed by atoms with Gasteiger partial charge in [-0.25, -0.2) is 0 Å². The van der Waals surface area contributed by atoms with Crippen molar-refractivity contribution < 1.29 is 9.21 Å². The molecule has 0 aliphatic carbocycles. The van der Waals surface area contributed by atoms with Crippen LogP contribution in [-0.4, -0.2) is 23.1 Å². The van der Waals surface area contributed by atoms with Gasteiger partial charge in [0.05, 0.1) is 6.26 Å². The van der Waals surface area contributed by atoms with Gasteiger partial charge in [-0.2, -0.15) is 0 Å². The Labute approximate surface area is 114 Å². The summed E-state index contributed by atoms with van der Waals surface area (Å²) >= 11 is 3.57. The first-order chi connectivity index (χ1) is 8.75. The topological polar surface area (TPSA) is 33.5 Å². The van der Waals surface area contributed by atoms with E-state index in [1.165, 1.54) is 9.75 Å². The lowest BCUT2D eigenvalue weighted by Crippen LogP contribution is -2.29. The predicted octanol–water partition coefficient (Wildman–Crippen LogP) is 3.54. The highest BCUT2D eigenvalue weighted by atomic mass is 32.2. The summed E-state index contributed by atoms with van der Waals surface area (Å²) in [4.78, 5) is 16.7. The van der Waals surface area contributed by atoms with E-state index in [1.807, 2.05) is 16.7 Å². The number of carbonyl (C=O) groups is 1. The summed E-state index contributed by atoms with van der Waals surface area (Å²) in [5.41, 5.74) is 0. The first-order valence-electron chi connectivity index (χ1n) is 5.78. The Hall–Kier alpha value is -1.20. The predicted molar refractivity (Wildman–Crippen MR) is 74.0 cm³/mol. The van der Waals surface area contributed by atoms with Gasteiger partial charge in [-0.05, 0) is 31.2 Å². The molecule has 1 saturated heterocycles. The van der Waals surface area contributed by atoms with Gasteiger partial charge in [-0.1, -0.05) is 0 Å². The van der Waals surface area contributed by atoms with Crippen LogP contribution >= 0.6 is 23.1 Å². The third-order valence-corrected chi connectivity index (χ3v) is 5.33. The van der Waals surface area contributed by atoms with Crippen LogP contribution in [0.25, 0.3) is 0 Å². The molecule has 1 aliphatic rings. The van der Waals surface area contributed by atoms with Crippen LogP contribution in [0.2, 0.25) is 0 Å². The molecule has 0 aromatic carbocycles. The molecule has 5 heteroatoms. The van der Waals surface area contributed by atoms with E-state index in [-0.39, 0.29) is 11.3 Å². The van der Waals surface area contributed by atoms with Crippen LogP contribution in [0, 0.1) is 6.92 Å². The lowest BCUT2D eigenvalue weighted by molar-refractivity contribution is 0.0730. The largest absolute Gasteiger partial charge is 0.459 e. The normalized spacial score (nSPS) is 19.4. The van der Waals surface area contributed by atoms with Crippen LogP contribution in [0.4, 0.5) is 0 Å². The smallest absolute Gasteiger partial charge is 0.290 e. The van der Waals surface area contributed by atoms with Gasteiger partial charge >= 0.3 is 0 Å². The van der Waals surface area contributed by atoms with Crippen molar-refractivity contribution in [2.75, 3.05) is 12.3 Å². The van der Waals surface area contributed by atoms with Gasteiger partial charge in [-0.3, -0.25) is 4.79 Å². The van der Waals surface area contributed by atoms with E-state index < -0.39 is 0 Å². The molecule has 1 atom stereocenters. The molecule has 3 nitrogen and oxygen atoms in total. The van der Waals surface area contributed by atoms with Gasteiger partial charge in [-0.15, -0.1) is 23.1 Å². The molecule has 18 heavy (non-hydrogen) atoms. The second-order valence-electron chi connectivity index (χ2n) is 4.15. The lowest BCUT2D eigenvalue weighted by Gasteiger charge is -2.21. The van der Waals surface area contributed by atoms with E-state index in [0.717, 1.165) is 12.3 Å². The van der Waals surface area contributed by atoms with Gasteiger partial charge in [0.2, 0.25) is 0 Å². The van der Waals surface area contributed by atoms with E-state index in [1.54, 1.807) is 29.7 Å². The zero-order valence-corrected chi connectivity index (χ0v) is 11.6. The molecule has 1 amide bonds. The highest BCUT2D eigenvalue weighted by Crippen LogP contribution is 2.41. The van der Waals surface area contributed by atoms with E-state index in [4.69, 9.17) is 4.42 Å². The van der Waals surface area contributed by atoms with Crippen molar-refractivity contribution in [2.45, 2.75) is 12.3 Å².